The highest BCUT2D eigenvalue weighted by Crippen LogP contribution is 2.26. The first-order valence-corrected chi connectivity index (χ1v) is 7.42. The Labute approximate surface area is 127 Å². The standard InChI is InChI=1S/C14H29N5O2/c1-5-9-21-10-6-12(17-15)14-13(20-4)11-16-19(14)8-7-18(2)3/h11-12,17H,5-10,15H2,1-4H3. The van der Waals surface area contributed by atoms with E-state index in [9.17, 15) is 0 Å². The van der Waals surface area contributed by atoms with Crippen LogP contribution in [0.5, 0.6) is 5.75 Å². The molecule has 0 aliphatic carbocycles. The van der Waals surface area contributed by atoms with Gasteiger partial charge in [-0.15, -0.1) is 0 Å². The van der Waals surface area contributed by atoms with E-state index in [0.717, 1.165) is 44.0 Å². The van der Waals surface area contributed by atoms with Crippen LogP contribution < -0.4 is 16.0 Å². The van der Waals surface area contributed by atoms with E-state index in [1.54, 1.807) is 13.3 Å². The van der Waals surface area contributed by atoms with E-state index < -0.39 is 0 Å². The van der Waals surface area contributed by atoms with Crippen molar-refractivity contribution in [3.8, 4) is 5.75 Å². The molecule has 0 aliphatic rings. The molecule has 1 aromatic heterocycles. The summed E-state index contributed by atoms with van der Waals surface area (Å²) in [4.78, 5) is 2.12. The lowest BCUT2D eigenvalue weighted by atomic mass is 10.1. The van der Waals surface area contributed by atoms with Crippen molar-refractivity contribution in [2.75, 3.05) is 41.0 Å². The Morgan fingerprint density at radius 3 is 2.76 bits per heavy atom. The lowest BCUT2D eigenvalue weighted by Gasteiger charge is -2.20. The minimum Gasteiger partial charge on any atom is -0.493 e. The SMILES string of the molecule is CCCOCCC(NN)c1c(OC)cnn1CCN(C)C. The van der Waals surface area contributed by atoms with Crippen LogP contribution in [0.4, 0.5) is 0 Å². The molecule has 0 spiro atoms. The van der Waals surface area contributed by atoms with Crippen LogP contribution in [-0.4, -0.2) is 55.6 Å². The first-order chi connectivity index (χ1) is 10.1. The van der Waals surface area contributed by atoms with Gasteiger partial charge in [0, 0.05) is 19.8 Å². The van der Waals surface area contributed by atoms with Crippen LogP contribution in [0.25, 0.3) is 0 Å². The van der Waals surface area contributed by atoms with Gasteiger partial charge >= 0.3 is 0 Å². The summed E-state index contributed by atoms with van der Waals surface area (Å²) in [5.74, 6) is 6.47. The molecular weight excluding hydrogens is 270 g/mol. The molecule has 0 saturated carbocycles. The van der Waals surface area contributed by atoms with Gasteiger partial charge in [0.05, 0.1) is 31.6 Å². The second-order valence-electron chi connectivity index (χ2n) is 5.24. The Kier molecular flexibility index (Phi) is 8.29. The minimum absolute atomic E-state index is 0.0403. The summed E-state index contributed by atoms with van der Waals surface area (Å²) in [5.41, 5.74) is 3.82. The van der Waals surface area contributed by atoms with Gasteiger partial charge in [-0.3, -0.25) is 16.0 Å². The number of methoxy groups -OCH3 is 1. The molecule has 1 heterocycles. The molecule has 1 atom stereocenters. The lowest BCUT2D eigenvalue weighted by molar-refractivity contribution is 0.123. The molecule has 1 unspecified atom stereocenters. The third kappa shape index (κ3) is 5.62. The van der Waals surface area contributed by atoms with E-state index in [4.69, 9.17) is 15.3 Å². The average Bonchev–Trinajstić information content (AvgIpc) is 2.88. The fraction of sp³-hybridized carbons (Fsp3) is 0.786. The van der Waals surface area contributed by atoms with Crippen LogP contribution in [0, 0.1) is 0 Å². The summed E-state index contributed by atoms with van der Waals surface area (Å²) in [5, 5.41) is 4.40. The lowest BCUT2D eigenvalue weighted by Crippen LogP contribution is -2.32. The number of hydrazine groups is 1. The number of hydrogen-bond donors (Lipinski definition) is 2. The van der Waals surface area contributed by atoms with Crippen LogP contribution in [0.3, 0.4) is 0 Å². The molecule has 3 N–H and O–H groups in total. The number of likely N-dealkylation sites (N-methyl/N-ethyl adjacent to an activating group) is 1. The van der Waals surface area contributed by atoms with Crippen molar-refractivity contribution >= 4 is 0 Å². The highest BCUT2D eigenvalue weighted by Gasteiger charge is 2.21. The van der Waals surface area contributed by atoms with Crippen molar-refractivity contribution in [2.24, 2.45) is 5.84 Å². The zero-order chi connectivity index (χ0) is 15.7. The van der Waals surface area contributed by atoms with E-state index in [1.165, 1.54) is 0 Å². The highest BCUT2D eigenvalue weighted by molar-refractivity contribution is 5.28. The molecule has 0 fully saturated rings. The predicted molar refractivity (Wildman–Crippen MR) is 83.1 cm³/mol. The number of rotatable bonds is 11. The summed E-state index contributed by atoms with van der Waals surface area (Å²) >= 11 is 0. The van der Waals surface area contributed by atoms with Crippen molar-refractivity contribution in [1.82, 2.24) is 20.1 Å². The van der Waals surface area contributed by atoms with Crippen molar-refractivity contribution in [3.05, 3.63) is 11.9 Å². The van der Waals surface area contributed by atoms with E-state index in [2.05, 4.69) is 22.3 Å². The second-order valence-corrected chi connectivity index (χ2v) is 5.24. The molecule has 0 amide bonds. The molecule has 7 heteroatoms. The zero-order valence-electron chi connectivity index (χ0n) is 13.6. The first-order valence-electron chi connectivity index (χ1n) is 7.42. The van der Waals surface area contributed by atoms with Crippen LogP contribution >= 0.6 is 0 Å². The van der Waals surface area contributed by atoms with Gasteiger partial charge in [0.2, 0.25) is 0 Å². The number of hydrogen-bond acceptors (Lipinski definition) is 6. The van der Waals surface area contributed by atoms with Crippen molar-refractivity contribution in [3.63, 3.8) is 0 Å². The molecule has 0 radical (unpaired) electrons. The Balaban J connectivity index is 2.76. The normalized spacial score (nSPS) is 12.9. The third-order valence-corrected chi connectivity index (χ3v) is 3.25. The van der Waals surface area contributed by atoms with Crippen LogP contribution in [0.1, 0.15) is 31.5 Å². The summed E-state index contributed by atoms with van der Waals surface area (Å²) in [6.45, 7) is 5.22. The fourth-order valence-corrected chi connectivity index (χ4v) is 2.11. The van der Waals surface area contributed by atoms with E-state index in [-0.39, 0.29) is 6.04 Å². The summed E-state index contributed by atoms with van der Waals surface area (Å²) in [6, 6.07) is -0.0403. The van der Waals surface area contributed by atoms with Gasteiger partial charge in [0.15, 0.2) is 5.75 Å². The maximum Gasteiger partial charge on any atom is 0.161 e. The van der Waals surface area contributed by atoms with Crippen molar-refractivity contribution in [1.29, 1.82) is 0 Å². The molecular formula is C14H29N5O2. The Morgan fingerprint density at radius 2 is 2.19 bits per heavy atom. The largest absolute Gasteiger partial charge is 0.493 e. The van der Waals surface area contributed by atoms with E-state index in [1.807, 2.05) is 18.8 Å². The minimum atomic E-state index is -0.0403. The van der Waals surface area contributed by atoms with Crippen molar-refractivity contribution < 1.29 is 9.47 Å². The quantitative estimate of drug-likeness (QED) is 0.357. The molecule has 0 aromatic carbocycles. The summed E-state index contributed by atoms with van der Waals surface area (Å²) < 4.78 is 12.9. The monoisotopic (exact) mass is 299 g/mol. The molecule has 21 heavy (non-hydrogen) atoms. The zero-order valence-corrected chi connectivity index (χ0v) is 13.6. The Bertz CT molecular complexity index is 395. The smallest absolute Gasteiger partial charge is 0.161 e. The number of nitrogens with two attached hydrogens (primary N) is 1. The van der Waals surface area contributed by atoms with Crippen LogP contribution in [0.15, 0.2) is 6.20 Å². The topological polar surface area (TPSA) is 77.6 Å². The maximum absolute atomic E-state index is 5.71. The molecule has 0 bridgehead atoms. The van der Waals surface area contributed by atoms with Crippen molar-refractivity contribution in [2.45, 2.75) is 32.4 Å². The first kappa shape index (κ1) is 17.9. The van der Waals surface area contributed by atoms with Gasteiger partial charge in [-0.1, -0.05) is 6.92 Å². The fourth-order valence-electron chi connectivity index (χ4n) is 2.11. The molecule has 122 valence electrons. The van der Waals surface area contributed by atoms with Gasteiger partial charge in [0.1, 0.15) is 0 Å². The van der Waals surface area contributed by atoms with Gasteiger partial charge in [-0.05, 0) is 26.9 Å². The third-order valence-electron chi connectivity index (χ3n) is 3.25. The number of nitrogens with one attached hydrogen (secondary N) is 1. The van der Waals surface area contributed by atoms with Gasteiger partial charge in [-0.2, -0.15) is 5.10 Å². The number of aromatic nitrogens is 2. The predicted octanol–water partition coefficient (Wildman–Crippen LogP) is 0.774. The molecule has 1 rings (SSSR count). The molecule has 0 aliphatic heterocycles. The average molecular weight is 299 g/mol. The summed E-state index contributed by atoms with van der Waals surface area (Å²) in [6.07, 6.45) is 3.54. The second kappa shape index (κ2) is 9.73. The number of ether oxygens (including phenoxy) is 2. The molecule has 7 nitrogen and oxygen atoms in total. The van der Waals surface area contributed by atoms with Gasteiger partial charge in [0.25, 0.3) is 0 Å². The highest BCUT2D eigenvalue weighted by atomic mass is 16.5. The molecule has 1 aromatic rings. The van der Waals surface area contributed by atoms with E-state index >= 15 is 0 Å². The van der Waals surface area contributed by atoms with Crippen LogP contribution in [-0.2, 0) is 11.3 Å². The van der Waals surface area contributed by atoms with Gasteiger partial charge in [-0.25, -0.2) is 0 Å². The van der Waals surface area contributed by atoms with E-state index in [0.29, 0.717) is 6.61 Å². The number of nitrogens with zero attached hydrogens (tertiary/aromatic N) is 3. The summed E-state index contributed by atoms with van der Waals surface area (Å²) in [7, 11) is 5.73. The maximum atomic E-state index is 5.71. The van der Waals surface area contributed by atoms with Crippen LogP contribution in [0.2, 0.25) is 0 Å². The van der Waals surface area contributed by atoms with Gasteiger partial charge < -0.3 is 14.4 Å². The Hall–Kier alpha value is -1.15. The molecule has 0 saturated heterocycles. The Morgan fingerprint density at radius 1 is 1.43 bits per heavy atom.